The summed E-state index contributed by atoms with van der Waals surface area (Å²) in [6.07, 6.45) is 0.895. The van der Waals surface area contributed by atoms with Gasteiger partial charge in [0.2, 0.25) is 0 Å². The Hall–Kier alpha value is -1.77. The van der Waals surface area contributed by atoms with Crippen molar-refractivity contribution in [1.29, 1.82) is 0 Å². The minimum Gasteiger partial charge on any atom is -0.459 e. The molecule has 3 rings (SSSR count). The molecule has 0 aliphatic rings. The second-order valence-corrected chi connectivity index (χ2v) is 5.80. The maximum atomic E-state index is 6.03. The largest absolute Gasteiger partial charge is 0.459 e. The summed E-state index contributed by atoms with van der Waals surface area (Å²) in [5.74, 6) is 0.941. The summed E-state index contributed by atoms with van der Waals surface area (Å²) >= 11 is 6.03. The molecule has 21 heavy (non-hydrogen) atoms. The van der Waals surface area contributed by atoms with Gasteiger partial charge in [-0.2, -0.15) is 0 Å². The summed E-state index contributed by atoms with van der Waals surface area (Å²) in [4.78, 5) is 0. The molecular formula is C18H18ClNO. The van der Waals surface area contributed by atoms with E-state index in [4.69, 9.17) is 16.0 Å². The molecule has 0 saturated heterocycles. The van der Waals surface area contributed by atoms with Gasteiger partial charge >= 0.3 is 0 Å². The number of aryl methyl sites for hydroxylation is 1. The zero-order valence-corrected chi connectivity index (χ0v) is 12.9. The average molecular weight is 300 g/mol. The Bertz CT molecular complexity index is 763. The first-order valence-electron chi connectivity index (χ1n) is 7.07. The normalized spacial score (nSPS) is 12.7. The Labute approximate surface area is 129 Å². The summed E-state index contributed by atoms with van der Waals surface area (Å²) < 4.78 is 5.96. The number of hydrogen-bond acceptors (Lipinski definition) is 2. The highest BCUT2D eigenvalue weighted by molar-refractivity contribution is 6.31. The Morgan fingerprint density at radius 3 is 2.76 bits per heavy atom. The molecule has 0 aliphatic carbocycles. The van der Waals surface area contributed by atoms with Crippen molar-refractivity contribution in [3.05, 3.63) is 70.4 Å². The van der Waals surface area contributed by atoms with Gasteiger partial charge in [0.25, 0.3) is 0 Å². The first kappa shape index (κ1) is 14.2. The van der Waals surface area contributed by atoms with Crippen LogP contribution >= 0.6 is 11.6 Å². The first-order chi connectivity index (χ1) is 10.2. The van der Waals surface area contributed by atoms with Crippen molar-refractivity contribution in [3.8, 4) is 0 Å². The molecule has 1 aromatic heterocycles. The van der Waals surface area contributed by atoms with Crippen LogP contribution in [0.4, 0.5) is 0 Å². The lowest BCUT2D eigenvalue weighted by atomic mass is 10.0. The van der Waals surface area contributed by atoms with E-state index >= 15 is 0 Å². The summed E-state index contributed by atoms with van der Waals surface area (Å²) in [5, 5.41) is 5.11. The van der Waals surface area contributed by atoms with Crippen molar-refractivity contribution in [2.45, 2.75) is 19.4 Å². The van der Waals surface area contributed by atoms with E-state index in [1.807, 2.05) is 25.2 Å². The molecule has 108 valence electrons. The number of fused-ring (bicyclic) bond motifs is 1. The van der Waals surface area contributed by atoms with Crippen LogP contribution in [0.2, 0.25) is 5.02 Å². The van der Waals surface area contributed by atoms with E-state index in [2.05, 4.69) is 42.6 Å². The van der Waals surface area contributed by atoms with Gasteiger partial charge in [0.15, 0.2) is 0 Å². The van der Waals surface area contributed by atoms with Crippen molar-refractivity contribution in [1.82, 2.24) is 5.32 Å². The predicted molar refractivity (Wildman–Crippen MR) is 87.9 cm³/mol. The SMILES string of the molecule is CNC(Cc1cccc(C)c1)c1cc2cc(Cl)ccc2o1. The number of rotatable bonds is 4. The lowest BCUT2D eigenvalue weighted by molar-refractivity contribution is 0.451. The fourth-order valence-electron chi connectivity index (χ4n) is 2.63. The quantitative estimate of drug-likeness (QED) is 0.741. The number of hydrogen-bond donors (Lipinski definition) is 1. The number of likely N-dealkylation sites (N-methyl/N-ethyl adjacent to an activating group) is 1. The highest BCUT2D eigenvalue weighted by Crippen LogP contribution is 2.28. The van der Waals surface area contributed by atoms with Gasteiger partial charge in [0.1, 0.15) is 11.3 Å². The van der Waals surface area contributed by atoms with E-state index in [0.717, 1.165) is 28.2 Å². The monoisotopic (exact) mass is 299 g/mol. The van der Waals surface area contributed by atoms with Crippen molar-refractivity contribution in [2.24, 2.45) is 0 Å². The summed E-state index contributed by atoms with van der Waals surface area (Å²) in [6.45, 7) is 2.11. The molecule has 2 nitrogen and oxygen atoms in total. The summed E-state index contributed by atoms with van der Waals surface area (Å²) in [6, 6.07) is 16.5. The molecule has 2 aromatic carbocycles. The van der Waals surface area contributed by atoms with E-state index in [1.54, 1.807) is 0 Å². The molecule has 0 aliphatic heterocycles. The summed E-state index contributed by atoms with van der Waals surface area (Å²) in [7, 11) is 1.96. The number of furan rings is 1. The van der Waals surface area contributed by atoms with Gasteiger partial charge in [-0.1, -0.05) is 41.4 Å². The lowest BCUT2D eigenvalue weighted by Gasteiger charge is -2.13. The maximum Gasteiger partial charge on any atom is 0.134 e. The Morgan fingerprint density at radius 1 is 1.14 bits per heavy atom. The third-order valence-electron chi connectivity index (χ3n) is 3.71. The van der Waals surface area contributed by atoms with Crippen LogP contribution in [0.3, 0.4) is 0 Å². The van der Waals surface area contributed by atoms with Crippen LogP contribution in [0.15, 0.2) is 52.9 Å². The molecule has 1 atom stereocenters. The Balaban J connectivity index is 1.90. The van der Waals surface area contributed by atoms with Crippen LogP contribution in [-0.2, 0) is 6.42 Å². The van der Waals surface area contributed by atoms with Crippen LogP contribution in [0.1, 0.15) is 22.9 Å². The van der Waals surface area contributed by atoms with Crippen molar-refractivity contribution >= 4 is 22.6 Å². The molecule has 0 fully saturated rings. The predicted octanol–water partition coefficient (Wildman–Crippen LogP) is 4.90. The molecule has 3 aromatic rings. The van der Waals surface area contributed by atoms with Gasteiger partial charge in [0, 0.05) is 10.4 Å². The smallest absolute Gasteiger partial charge is 0.134 e. The van der Waals surface area contributed by atoms with E-state index in [1.165, 1.54) is 11.1 Å². The maximum absolute atomic E-state index is 6.03. The average Bonchev–Trinajstić information content (AvgIpc) is 2.87. The molecule has 0 radical (unpaired) electrons. The molecule has 0 bridgehead atoms. The van der Waals surface area contributed by atoms with Gasteiger partial charge in [-0.3, -0.25) is 0 Å². The molecule has 1 heterocycles. The Kier molecular flexibility index (Phi) is 4.00. The van der Waals surface area contributed by atoms with Crippen LogP contribution in [-0.4, -0.2) is 7.05 Å². The zero-order chi connectivity index (χ0) is 14.8. The standard InChI is InChI=1S/C18H18ClNO/c1-12-4-3-5-13(8-12)9-16(20-2)18-11-14-10-15(19)6-7-17(14)21-18/h3-8,10-11,16,20H,9H2,1-2H3. The highest BCUT2D eigenvalue weighted by Gasteiger charge is 2.15. The van der Waals surface area contributed by atoms with Gasteiger partial charge in [-0.25, -0.2) is 0 Å². The molecule has 1 N–H and O–H groups in total. The number of benzene rings is 2. The van der Waals surface area contributed by atoms with Gasteiger partial charge in [0.05, 0.1) is 6.04 Å². The second kappa shape index (κ2) is 5.92. The molecule has 1 unspecified atom stereocenters. The van der Waals surface area contributed by atoms with Crippen molar-refractivity contribution in [3.63, 3.8) is 0 Å². The highest BCUT2D eigenvalue weighted by atomic mass is 35.5. The van der Waals surface area contributed by atoms with E-state index in [0.29, 0.717) is 0 Å². The lowest BCUT2D eigenvalue weighted by Crippen LogP contribution is -2.18. The van der Waals surface area contributed by atoms with Gasteiger partial charge < -0.3 is 9.73 Å². The minimum absolute atomic E-state index is 0.151. The fraction of sp³-hybridized carbons (Fsp3) is 0.222. The third kappa shape index (κ3) is 3.12. The molecule has 0 amide bonds. The van der Waals surface area contributed by atoms with Gasteiger partial charge in [-0.05, 0) is 50.2 Å². The molecule has 0 spiro atoms. The number of halogens is 1. The van der Waals surface area contributed by atoms with Crippen LogP contribution in [0, 0.1) is 6.92 Å². The van der Waals surface area contributed by atoms with Gasteiger partial charge in [-0.15, -0.1) is 0 Å². The van der Waals surface area contributed by atoms with E-state index in [9.17, 15) is 0 Å². The topological polar surface area (TPSA) is 25.2 Å². The number of nitrogens with one attached hydrogen (secondary N) is 1. The van der Waals surface area contributed by atoms with Crippen LogP contribution in [0.5, 0.6) is 0 Å². The summed E-state index contributed by atoms with van der Waals surface area (Å²) in [5.41, 5.74) is 3.45. The Morgan fingerprint density at radius 2 is 2.00 bits per heavy atom. The van der Waals surface area contributed by atoms with Crippen molar-refractivity contribution in [2.75, 3.05) is 7.05 Å². The minimum atomic E-state index is 0.151. The second-order valence-electron chi connectivity index (χ2n) is 5.37. The van der Waals surface area contributed by atoms with E-state index in [-0.39, 0.29) is 6.04 Å². The zero-order valence-electron chi connectivity index (χ0n) is 12.2. The van der Waals surface area contributed by atoms with Crippen molar-refractivity contribution < 1.29 is 4.42 Å². The molecular weight excluding hydrogens is 282 g/mol. The fourth-order valence-corrected chi connectivity index (χ4v) is 2.81. The molecule has 3 heteroatoms. The van der Waals surface area contributed by atoms with E-state index < -0.39 is 0 Å². The molecule has 0 saturated carbocycles. The van der Waals surface area contributed by atoms with Crippen LogP contribution < -0.4 is 5.32 Å². The third-order valence-corrected chi connectivity index (χ3v) is 3.95. The first-order valence-corrected chi connectivity index (χ1v) is 7.45. The van der Waals surface area contributed by atoms with Crippen LogP contribution in [0.25, 0.3) is 11.0 Å².